The first-order valence-electron chi connectivity index (χ1n) is 5.79. The molecule has 0 bridgehead atoms. The predicted molar refractivity (Wildman–Crippen MR) is 76.0 cm³/mol. The lowest BCUT2D eigenvalue weighted by molar-refractivity contribution is -0.121. The van der Waals surface area contributed by atoms with Crippen molar-refractivity contribution in [2.75, 3.05) is 23.9 Å². The van der Waals surface area contributed by atoms with Crippen LogP contribution in [0.25, 0.3) is 0 Å². The van der Waals surface area contributed by atoms with E-state index in [1.54, 1.807) is 13.8 Å². The number of carbonyl (C=O) groups excluding carboxylic acids is 1. The number of aromatic nitrogens is 1. The lowest BCUT2D eigenvalue weighted by Gasteiger charge is -2.13. The summed E-state index contributed by atoms with van der Waals surface area (Å²) in [6.07, 6.45) is 0.488. The van der Waals surface area contributed by atoms with Gasteiger partial charge in [-0.25, -0.2) is 8.42 Å². The Morgan fingerprint density at radius 3 is 2.68 bits per heavy atom. The summed E-state index contributed by atoms with van der Waals surface area (Å²) >= 11 is 0.940. The molecule has 1 aromatic heterocycles. The average molecular weight is 306 g/mol. The number of anilines is 2. The lowest BCUT2D eigenvalue weighted by Crippen LogP contribution is -2.35. The van der Waals surface area contributed by atoms with Crippen LogP contribution in [0.1, 0.15) is 20.3 Å². The molecule has 1 unspecified atom stereocenters. The van der Waals surface area contributed by atoms with Crippen LogP contribution in [-0.4, -0.2) is 37.5 Å². The number of hydrogen-bond acceptors (Lipinski definition) is 7. The number of nitrogen functional groups attached to an aromatic ring is 1. The van der Waals surface area contributed by atoms with Gasteiger partial charge in [-0.05, 0) is 24.9 Å². The van der Waals surface area contributed by atoms with Gasteiger partial charge in [-0.2, -0.15) is 4.37 Å². The minimum atomic E-state index is -3.48. The third kappa shape index (κ3) is 3.57. The molecule has 1 aromatic rings. The molecule has 0 fully saturated rings. The van der Waals surface area contributed by atoms with Crippen molar-refractivity contribution < 1.29 is 13.2 Å². The van der Waals surface area contributed by atoms with Gasteiger partial charge in [-0.1, -0.05) is 6.92 Å². The van der Waals surface area contributed by atoms with Crippen molar-refractivity contribution in [1.82, 2.24) is 9.69 Å². The highest BCUT2D eigenvalue weighted by Gasteiger charge is 2.26. The zero-order valence-corrected chi connectivity index (χ0v) is 12.7. The van der Waals surface area contributed by atoms with Gasteiger partial charge >= 0.3 is 0 Å². The van der Waals surface area contributed by atoms with Crippen molar-refractivity contribution in [2.45, 2.75) is 31.2 Å². The standard InChI is InChI=1S/C10H18N4O3S2/c1-4-5-19(16,17)7-8(11)14-18-10(7)13-6(2)9(15)12-3/h6,13H,4-5H2,1-3H3,(H2,11,14)(H,12,15). The Bertz CT molecular complexity index is 553. The minimum absolute atomic E-state index is 0.00134. The number of hydrogen-bond donors (Lipinski definition) is 3. The number of sulfone groups is 1. The van der Waals surface area contributed by atoms with Crippen LogP contribution in [-0.2, 0) is 14.6 Å². The van der Waals surface area contributed by atoms with E-state index in [4.69, 9.17) is 5.73 Å². The summed E-state index contributed by atoms with van der Waals surface area (Å²) in [5, 5.41) is 5.62. The van der Waals surface area contributed by atoms with Crippen LogP contribution in [0, 0.1) is 0 Å². The fourth-order valence-electron chi connectivity index (χ4n) is 1.54. The third-order valence-corrected chi connectivity index (χ3v) is 5.35. The van der Waals surface area contributed by atoms with E-state index in [9.17, 15) is 13.2 Å². The van der Waals surface area contributed by atoms with Crippen LogP contribution in [0.2, 0.25) is 0 Å². The molecule has 0 aliphatic rings. The molecule has 19 heavy (non-hydrogen) atoms. The second-order valence-corrected chi connectivity index (χ2v) is 6.84. The molecule has 1 rings (SSSR count). The zero-order valence-electron chi connectivity index (χ0n) is 11.1. The summed E-state index contributed by atoms with van der Waals surface area (Å²) in [7, 11) is -1.97. The van der Waals surface area contributed by atoms with Gasteiger partial charge in [-0.15, -0.1) is 0 Å². The van der Waals surface area contributed by atoms with Gasteiger partial charge in [0.25, 0.3) is 0 Å². The fraction of sp³-hybridized carbons (Fsp3) is 0.600. The quantitative estimate of drug-likeness (QED) is 0.703. The molecule has 0 radical (unpaired) electrons. The van der Waals surface area contributed by atoms with Crippen molar-refractivity contribution in [2.24, 2.45) is 0 Å². The van der Waals surface area contributed by atoms with E-state index in [0.717, 1.165) is 11.5 Å². The molecule has 1 amide bonds. The van der Waals surface area contributed by atoms with Gasteiger partial charge in [0.05, 0.1) is 5.75 Å². The number of carbonyl (C=O) groups is 1. The molecule has 1 heterocycles. The molecule has 7 nitrogen and oxygen atoms in total. The van der Waals surface area contributed by atoms with E-state index in [1.807, 2.05) is 0 Å². The molecule has 108 valence electrons. The summed E-state index contributed by atoms with van der Waals surface area (Å²) in [4.78, 5) is 11.4. The maximum Gasteiger partial charge on any atom is 0.241 e. The van der Waals surface area contributed by atoms with Crippen LogP contribution in [0.15, 0.2) is 4.90 Å². The summed E-state index contributed by atoms with van der Waals surface area (Å²) in [5.41, 5.74) is 5.62. The first-order valence-corrected chi connectivity index (χ1v) is 8.22. The monoisotopic (exact) mass is 306 g/mol. The SMILES string of the molecule is CCCS(=O)(=O)c1c(N)nsc1NC(C)C(=O)NC. The van der Waals surface area contributed by atoms with Gasteiger partial charge in [0, 0.05) is 7.05 Å². The Kier molecular flexibility index (Phi) is 5.12. The second kappa shape index (κ2) is 6.20. The first-order chi connectivity index (χ1) is 8.83. The summed E-state index contributed by atoms with van der Waals surface area (Å²) < 4.78 is 28.1. The highest BCUT2D eigenvalue weighted by Crippen LogP contribution is 2.33. The number of likely N-dealkylation sites (N-methyl/N-ethyl adjacent to an activating group) is 1. The Morgan fingerprint density at radius 2 is 2.16 bits per heavy atom. The largest absolute Gasteiger partial charge is 0.382 e. The number of nitrogens with zero attached hydrogens (tertiary/aromatic N) is 1. The van der Waals surface area contributed by atoms with E-state index in [-0.39, 0.29) is 22.4 Å². The summed E-state index contributed by atoms with van der Waals surface area (Å²) in [6.45, 7) is 3.40. The normalized spacial score (nSPS) is 13.0. The van der Waals surface area contributed by atoms with E-state index in [0.29, 0.717) is 11.4 Å². The van der Waals surface area contributed by atoms with E-state index in [1.165, 1.54) is 7.05 Å². The zero-order chi connectivity index (χ0) is 14.6. The van der Waals surface area contributed by atoms with Crippen molar-refractivity contribution >= 4 is 38.1 Å². The Labute approximate surface area is 116 Å². The molecule has 0 spiro atoms. The van der Waals surface area contributed by atoms with Crippen molar-refractivity contribution in [3.05, 3.63) is 0 Å². The summed E-state index contributed by atoms with van der Waals surface area (Å²) in [5.74, 6) is -0.269. The minimum Gasteiger partial charge on any atom is -0.382 e. The van der Waals surface area contributed by atoms with Crippen molar-refractivity contribution in [3.8, 4) is 0 Å². The van der Waals surface area contributed by atoms with Gasteiger partial charge in [0.1, 0.15) is 15.9 Å². The fourth-order valence-corrected chi connectivity index (χ4v) is 4.23. The van der Waals surface area contributed by atoms with Crippen LogP contribution in [0.4, 0.5) is 10.8 Å². The molecule has 4 N–H and O–H groups in total. The molecule has 0 saturated heterocycles. The number of amides is 1. The van der Waals surface area contributed by atoms with Crippen molar-refractivity contribution in [3.63, 3.8) is 0 Å². The van der Waals surface area contributed by atoms with Crippen LogP contribution < -0.4 is 16.4 Å². The molecular weight excluding hydrogens is 288 g/mol. The Morgan fingerprint density at radius 1 is 1.53 bits per heavy atom. The van der Waals surface area contributed by atoms with Gasteiger partial charge in [0.2, 0.25) is 5.91 Å². The molecular formula is C10H18N4O3S2. The maximum absolute atomic E-state index is 12.1. The predicted octanol–water partition coefficient (Wildman–Crippen LogP) is 0.455. The molecule has 0 saturated carbocycles. The highest BCUT2D eigenvalue weighted by molar-refractivity contribution is 7.91. The number of rotatable bonds is 6. The third-order valence-electron chi connectivity index (χ3n) is 2.45. The molecule has 9 heteroatoms. The smallest absolute Gasteiger partial charge is 0.241 e. The van der Waals surface area contributed by atoms with Crippen LogP contribution >= 0.6 is 11.5 Å². The van der Waals surface area contributed by atoms with Gasteiger partial charge in [0.15, 0.2) is 15.7 Å². The topological polar surface area (TPSA) is 114 Å². The molecule has 0 aromatic carbocycles. The average Bonchev–Trinajstić information content (AvgIpc) is 2.69. The molecule has 0 aliphatic heterocycles. The maximum atomic E-state index is 12.1. The number of nitrogens with two attached hydrogens (primary N) is 1. The van der Waals surface area contributed by atoms with E-state index < -0.39 is 15.9 Å². The molecule has 1 atom stereocenters. The highest BCUT2D eigenvalue weighted by atomic mass is 32.2. The first kappa shape index (κ1) is 15.7. The van der Waals surface area contributed by atoms with E-state index in [2.05, 4.69) is 15.0 Å². The van der Waals surface area contributed by atoms with Gasteiger partial charge in [-0.3, -0.25) is 4.79 Å². The van der Waals surface area contributed by atoms with Crippen LogP contribution in [0.5, 0.6) is 0 Å². The Hall–Kier alpha value is -1.35. The molecule has 0 aliphatic carbocycles. The van der Waals surface area contributed by atoms with E-state index >= 15 is 0 Å². The van der Waals surface area contributed by atoms with Crippen LogP contribution in [0.3, 0.4) is 0 Å². The summed E-state index contributed by atoms with van der Waals surface area (Å²) in [6, 6.07) is -0.569. The number of nitrogens with one attached hydrogen (secondary N) is 2. The second-order valence-electron chi connectivity index (χ2n) is 4.03. The lowest BCUT2D eigenvalue weighted by atomic mass is 10.3. The van der Waals surface area contributed by atoms with Gasteiger partial charge < -0.3 is 16.4 Å². The Balaban J connectivity index is 3.08. The van der Waals surface area contributed by atoms with Crippen molar-refractivity contribution in [1.29, 1.82) is 0 Å².